The average molecular weight is 367 g/mol. The van der Waals surface area contributed by atoms with Crippen LogP contribution in [0.25, 0.3) is 0 Å². The number of aromatic nitrogens is 2. The lowest BCUT2D eigenvalue weighted by Crippen LogP contribution is -2.27. The molecule has 26 heavy (non-hydrogen) atoms. The quantitative estimate of drug-likeness (QED) is 0.895. The molecule has 2 heterocycles. The van der Waals surface area contributed by atoms with Gasteiger partial charge in [-0.15, -0.1) is 0 Å². The summed E-state index contributed by atoms with van der Waals surface area (Å²) in [5.74, 6) is -1.15. The van der Waals surface area contributed by atoms with E-state index in [1.807, 2.05) is 0 Å². The third-order valence-electron chi connectivity index (χ3n) is 3.98. The van der Waals surface area contributed by atoms with Gasteiger partial charge in [0.05, 0.1) is 12.1 Å². The summed E-state index contributed by atoms with van der Waals surface area (Å²) in [6, 6.07) is 6.42. The van der Waals surface area contributed by atoms with Crippen molar-refractivity contribution < 1.29 is 27.8 Å². The molecular formula is C17H16F3N3O3. The Kier molecular flexibility index (Phi) is 4.71. The second-order valence-electron chi connectivity index (χ2n) is 5.97. The summed E-state index contributed by atoms with van der Waals surface area (Å²) in [5.41, 5.74) is -0.447. The van der Waals surface area contributed by atoms with Gasteiger partial charge >= 0.3 is 12.1 Å². The number of rotatable bonds is 4. The third kappa shape index (κ3) is 3.87. The fourth-order valence-corrected chi connectivity index (χ4v) is 2.79. The molecule has 1 aliphatic heterocycles. The van der Waals surface area contributed by atoms with E-state index >= 15 is 0 Å². The first-order valence-corrected chi connectivity index (χ1v) is 7.91. The molecule has 0 amide bonds. The Hall–Kier alpha value is -2.84. The summed E-state index contributed by atoms with van der Waals surface area (Å²) < 4.78 is 44.7. The highest BCUT2D eigenvalue weighted by Gasteiger charge is 2.35. The fraction of sp³-hybridized carbons (Fsp3) is 0.353. The summed E-state index contributed by atoms with van der Waals surface area (Å²) in [7, 11) is 0. The molecule has 1 saturated heterocycles. The molecule has 138 valence electrons. The number of hydrogen-bond acceptors (Lipinski definition) is 5. The molecule has 0 bridgehead atoms. The van der Waals surface area contributed by atoms with Crippen molar-refractivity contribution in [3.8, 4) is 5.75 Å². The number of halogens is 3. The maximum atomic E-state index is 13.1. The van der Waals surface area contributed by atoms with Gasteiger partial charge in [0.2, 0.25) is 5.95 Å². The second kappa shape index (κ2) is 6.81. The van der Waals surface area contributed by atoms with Crippen LogP contribution in [0.3, 0.4) is 0 Å². The number of hydrogen-bond donors (Lipinski definition) is 1. The number of carbonyl (C=O) groups is 1. The van der Waals surface area contributed by atoms with Gasteiger partial charge in [0.25, 0.3) is 0 Å². The van der Waals surface area contributed by atoms with Crippen molar-refractivity contribution in [2.75, 3.05) is 18.0 Å². The van der Waals surface area contributed by atoms with E-state index in [9.17, 15) is 18.0 Å². The van der Waals surface area contributed by atoms with E-state index in [0.717, 1.165) is 6.07 Å². The number of nitrogens with zero attached hydrogens (tertiary/aromatic N) is 3. The monoisotopic (exact) mass is 367 g/mol. The molecule has 0 radical (unpaired) electrons. The SMILES string of the molecule is Cc1cc(C(=O)O)nc(N2CCC(Oc3ccccc3C(F)(F)F)C2)n1. The van der Waals surface area contributed by atoms with Crippen LogP contribution in [0.2, 0.25) is 0 Å². The molecule has 0 aliphatic carbocycles. The predicted molar refractivity (Wildman–Crippen MR) is 86.4 cm³/mol. The minimum absolute atomic E-state index is 0.126. The van der Waals surface area contributed by atoms with E-state index in [4.69, 9.17) is 9.84 Å². The van der Waals surface area contributed by atoms with E-state index in [1.165, 1.54) is 24.3 Å². The van der Waals surface area contributed by atoms with Gasteiger partial charge in [-0.2, -0.15) is 13.2 Å². The molecule has 1 unspecified atom stereocenters. The number of benzene rings is 1. The Balaban J connectivity index is 1.75. The van der Waals surface area contributed by atoms with E-state index in [-0.39, 0.29) is 23.9 Å². The van der Waals surface area contributed by atoms with Gasteiger partial charge in [0.15, 0.2) is 5.69 Å². The Bertz CT molecular complexity index is 826. The predicted octanol–water partition coefficient (Wildman–Crippen LogP) is 3.16. The van der Waals surface area contributed by atoms with E-state index in [2.05, 4.69) is 9.97 Å². The third-order valence-corrected chi connectivity index (χ3v) is 3.98. The molecule has 6 nitrogen and oxygen atoms in total. The summed E-state index contributed by atoms with van der Waals surface area (Å²) in [4.78, 5) is 21.0. The van der Waals surface area contributed by atoms with Gasteiger partial charge in [0.1, 0.15) is 11.9 Å². The van der Waals surface area contributed by atoms with Gasteiger partial charge in [-0.1, -0.05) is 12.1 Å². The van der Waals surface area contributed by atoms with Gasteiger partial charge < -0.3 is 14.7 Å². The molecule has 0 spiro atoms. The molecule has 1 fully saturated rings. The Morgan fingerprint density at radius 1 is 1.31 bits per heavy atom. The van der Waals surface area contributed by atoms with Crippen LogP contribution >= 0.6 is 0 Å². The summed E-state index contributed by atoms with van der Waals surface area (Å²) >= 11 is 0. The van der Waals surface area contributed by atoms with Gasteiger partial charge in [-0.3, -0.25) is 0 Å². The molecule has 1 aliphatic rings. The zero-order valence-corrected chi connectivity index (χ0v) is 13.8. The van der Waals surface area contributed by atoms with Gasteiger partial charge in [-0.25, -0.2) is 14.8 Å². The molecule has 2 aromatic rings. The largest absolute Gasteiger partial charge is 0.488 e. The fourth-order valence-electron chi connectivity index (χ4n) is 2.79. The maximum absolute atomic E-state index is 13.1. The summed E-state index contributed by atoms with van der Waals surface area (Å²) in [5, 5.41) is 9.09. The van der Waals surface area contributed by atoms with Crippen molar-refractivity contribution in [1.82, 2.24) is 9.97 Å². The molecule has 0 saturated carbocycles. The molecule has 1 aromatic heterocycles. The van der Waals surface area contributed by atoms with Crippen LogP contribution in [-0.4, -0.2) is 40.2 Å². The van der Waals surface area contributed by atoms with Crippen molar-refractivity contribution in [1.29, 1.82) is 0 Å². The van der Waals surface area contributed by atoms with Crippen LogP contribution in [0, 0.1) is 6.92 Å². The van der Waals surface area contributed by atoms with E-state index in [0.29, 0.717) is 18.7 Å². The second-order valence-corrected chi connectivity index (χ2v) is 5.97. The maximum Gasteiger partial charge on any atom is 0.419 e. The molecule has 9 heteroatoms. The molecule has 3 rings (SSSR count). The number of anilines is 1. The van der Waals surface area contributed by atoms with Gasteiger partial charge in [-0.05, 0) is 25.1 Å². The number of carboxylic acids is 1. The smallest absolute Gasteiger partial charge is 0.419 e. The first kappa shape index (κ1) is 18.0. The van der Waals surface area contributed by atoms with Crippen molar-refractivity contribution in [2.45, 2.75) is 25.6 Å². The first-order chi connectivity index (χ1) is 12.2. The summed E-state index contributed by atoms with van der Waals surface area (Å²) in [6.45, 7) is 2.39. The normalized spacial score (nSPS) is 17.4. The highest BCUT2D eigenvalue weighted by atomic mass is 19.4. The number of alkyl halides is 3. The number of ether oxygens (including phenoxy) is 1. The number of carboxylic acid groups (broad SMARTS) is 1. The average Bonchev–Trinajstić information content (AvgIpc) is 3.02. The van der Waals surface area contributed by atoms with Crippen LogP contribution in [0.5, 0.6) is 5.75 Å². The highest BCUT2D eigenvalue weighted by molar-refractivity contribution is 5.85. The zero-order chi connectivity index (χ0) is 18.9. The first-order valence-electron chi connectivity index (χ1n) is 7.91. The van der Waals surface area contributed by atoms with Crippen LogP contribution in [0.15, 0.2) is 30.3 Å². The lowest BCUT2D eigenvalue weighted by molar-refractivity contribution is -0.139. The van der Waals surface area contributed by atoms with Crippen LogP contribution in [-0.2, 0) is 6.18 Å². The topological polar surface area (TPSA) is 75.5 Å². The molecular weight excluding hydrogens is 351 g/mol. The van der Waals surface area contributed by atoms with Crippen LogP contribution in [0.4, 0.5) is 19.1 Å². The summed E-state index contributed by atoms with van der Waals surface area (Å²) in [6.07, 6.45) is -4.49. The lowest BCUT2D eigenvalue weighted by atomic mass is 10.2. The minimum atomic E-state index is -4.50. The van der Waals surface area contributed by atoms with E-state index < -0.39 is 23.8 Å². The Morgan fingerprint density at radius 3 is 2.73 bits per heavy atom. The molecule has 1 aromatic carbocycles. The van der Waals surface area contributed by atoms with E-state index in [1.54, 1.807) is 11.8 Å². The number of para-hydroxylation sites is 1. The van der Waals surface area contributed by atoms with Crippen molar-refractivity contribution >= 4 is 11.9 Å². The van der Waals surface area contributed by atoms with Crippen molar-refractivity contribution in [3.05, 3.63) is 47.3 Å². The highest BCUT2D eigenvalue weighted by Crippen LogP contribution is 2.37. The molecule has 1 N–H and O–H groups in total. The van der Waals surface area contributed by atoms with Crippen LogP contribution in [0.1, 0.15) is 28.2 Å². The molecule has 1 atom stereocenters. The number of aromatic carboxylic acids is 1. The van der Waals surface area contributed by atoms with Crippen molar-refractivity contribution in [3.63, 3.8) is 0 Å². The Labute approximate surface area is 147 Å². The zero-order valence-electron chi connectivity index (χ0n) is 13.8. The van der Waals surface area contributed by atoms with Gasteiger partial charge in [0, 0.05) is 18.7 Å². The lowest BCUT2D eigenvalue weighted by Gasteiger charge is -2.19. The minimum Gasteiger partial charge on any atom is -0.488 e. The number of aryl methyl sites for hydroxylation is 1. The van der Waals surface area contributed by atoms with Crippen molar-refractivity contribution in [2.24, 2.45) is 0 Å². The van der Waals surface area contributed by atoms with Crippen LogP contribution < -0.4 is 9.64 Å². The standard InChI is InChI=1S/C17H16F3N3O3/c1-10-8-13(15(24)25)22-16(21-10)23-7-6-11(9-23)26-14-5-3-2-4-12(14)17(18,19)20/h2-5,8,11H,6-7,9H2,1H3,(H,24,25). The Morgan fingerprint density at radius 2 is 2.04 bits per heavy atom.